The molecule has 1 aliphatic heterocycles. The summed E-state index contributed by atoms with van der Waals surface area (Å²) in [6.07, 6.45) is 2.09. The highest BCUT2D eigenvalue weighted by Crippen LogP contribution is 2.12. The van der Waals surface area contributed by atoms with Crippen molar-refractivity contribution in [2.24, 2.45) is 0 Å². The summed E-state index contributed by atoms with van der Waals surface area (Å²) < 4.78 is 1.94. The molecule has 2 heterocycles. The Labute approximate surface area is 119 Å². The predicted molar refractivity (Wildman–Crippen MR) is 75.2 cm³/mol. The van der Waals surface area contributed by atoms with Crippen LogP contribution in [-0.4, -0.2) is 57.4 Å². The highest BCUT2D eigenvalue weighted by Gasteiger charge is 2.23. The number of hydrogen-bond donors (Lipinski definition) is 0. The number of aryl methyl sites for hydroxylation is 2. The second-order valence-electron chi connectivity index (χ2n) is 5.22. The minimum absolute atomic E-state index is 0.361. The molecule has 110 valence electrons. The van der Waals surface area contributed by atoms with E-state index in [0.29, 0.717) is 13.1 Å². The van der Waals surface area contributed by atoms with Crippen LogP contribution in [0.25, 0.3) is 0 Å². The molecule has 0 unspecified atom stereocenters. The second kappa shape index (κ2) is 6.17. The number of carbonyl (C=O) groups excluding carboxylic acids is 2. The number of carbonyl (C=O) groups is 2. The largest absolute Gasteiger partial charge is 0.334 e. The van der Waals surface area contributed by atoms with Crippen molar-refractivity contribution in [2.75, 3.05) is 26.2 Å². The molecule has 1 aliphatic rings. The third-order valence-electron chi connectivity index (χ3n) is 3.73. The first-order chi connectivity index (χ1) is 9.51. The molecule has 2 rings (SSSR count). The normalized spacial score (nSPS) is 16.4. The summed E-state index contributed by atoms with van der Waals surface area (Å²) >= 11 is 0. The van der Waals surface area contributed by atoms with Crippen LogP contribution in [0.4, 0.5) is 0 Å². The van der Waals surface area contributed by atoms with E-state index in [0.717, 1.165) is 31.9 Å². The molecule has 0 aromatic carbocycles. The maximum Gasteiger partial charge on any atom is 0.289 e. The van der Waals surface area contributed by atoms with Crippen LogP contribution in [0.1, 0.15) is 25.1 Å². The SMILES string of the molecule is CCn1cc(CN2CCN(C(=O)C(C)=O)CC2)c(C)n1. The summed E-state index contributed by atoms with van der Waals surface area (Å²) in [6, 6.07) is 0. The van der Waals surface area contributed by atoms with Crippen molar-refractivity contribution >= 4 is 11.7 Å². The van der Waals surface area contributed by atoms with E-state index < -0.39 is 0 Å². The molecule has 0 radical (unpaired) electrons. The fourth-order valence-corrected chi connectivity index (χ4v) is 2.45. The summed E-state index contributed by atoms with van der Waals surface area (Å²) in [5.74, 6) is -0.738. The van der Waals surface area contributed by atoms with E-state index >= 15 is 0 Å². The molecule has 20 heavy (non-hydrogen) atoms. The Morgan fingerprint density at radius 3 is 2.40 bits per heavy atom. The first kappa shape index (κ1) is 14.7. The molecule has 0 N–H and O–H groups in total. The molecule has 0 spiro atoms. The van der Waals surface area contributed by atoms with Gasteiger partial charge in [-0.1, -0.05) is 0 Å². The summed E-state index contributed by atoms with van der Waals surface area (Å²) in [4.78, 5) is 26.6. The average molecular weight is 278 g/mol. The van der Waals surface area contributed by atoms with Gasteiger partial charge in [0.15, 0.2) is 0 Å². The molecule has 0 saturated carbocycles. The molecular formula is C14H22N4O2. The third kappa shape index (κ3) is 3.25. The van der Waals surface area contributed by atoms with Gasteiger partial charge in [-0.15, -0.1) is 0 Å². The van der Waals surface area contributed by atoms with Gasteiger partial charge in [0.05, 0.1) is 5.69 Å². The van der Waals surface area contributed by atoms with Crippen LogP contribution in [0.5, 0.6) is 0 Å². The quantitative estimate of drug-likeness (QED) is 0.750. The molecule has 0 bridgehead atoms. The number of amides is 1. The van der Waals surface area contributed by atoms with Crippen molar-refractivity contribution in [1.29, 1.82) is 0 Å². The van der Waals surface area contributed by atoms with E-state index in [1.807, 2.05) is 11.6 Å². The van der Waals surface area contributed by atoms with Crippen molar-refractivity contribution in [3.05, 3.63) is 17.5 Å². The third-order valence-corrected chi connectivity index (χ3v) is 3.73. The number of aromatic nitrogens is 2. The van der Waals surface area contributed by atoms with E-state index in [1.165, 1.54) is 12.5 Å². The van der Waals surface area contributed by atoms with Crippen LogP contribution >= 0.6 is 0 Å². The molecular weight excluding hydrogens is 256 g/mol. The van der Waals surface area contributed by atoms with Gasteiger partial charge >= 0.3 is 0 Å². The molecule has 6 nitrogen and oxygen atoms in total. The summed E-state index contributed by atoms with van der Waals surface area (Å²) in [6.45, 7) is 10.0. The summed E-state index contributed by atoms with van der Waals surface area (Å²) in [5, 5.41) is 4.44. The highest BCUT2D eigenvalue weighted by molar-refractivity contribution is 6.35. The van der Waals surface area contributed by atoms with E-state index in [2.05, 4.69) is 23.1 Å². The average Bonchev–Trinajstić information content (AvgIpc) is 2.79. The number of piperazine rings is 1. The summed E-state index contributed by atoms with van der Waals surface area (Å²) in [7, 11) is 0. The van der Waals surface area contributed by atoms with Gasteiger partial charge in [0.1, 0.15) is 0 Å². The van der Waals surface area contributed by atoms with Crippen molar-refractivity contribution < 1.29 is 9.59 Å². The Bertz CT molecular complexity index is 501. The van der Waals surface area contributed by atoms with Crippen LogP contribution < -0.4 is 0 Å². The number of nitrogens with zero attached hydrogens (tertiary/aromatic N) is 4. The lowest BCUT2D eigenvalue weighted by Crippen LogP contribution is -2.49. The standard InChI is InChI=1S/C14H22N4O2/c1-4-18-10-13(11(2)15-18)9-16-5-7-17(8-6-16)14(20)12(3)19/h10H,4-9H2,1-3H3. The fraction of sp³-hybridized carbons (Fsp3) is 0.643. The van der Waals surface area contributed by atoms with Crippen LogP contribution in [0.15, 0.2) is 6.20 Å². The topological polar surface area (TPSA) is 58.4 Å². The zero-order chi connectivity index (χ0) is 14.7. The van der Waals surface area contributed by atoms with Gasteiger partial charge in [-0.2, -0.15) is 5.10 Å². The van der Waals surface area contributed by atoms with Crippen molar-refractivity contribution in [3.8, 4) is 0 Å². The van der Waals surface area contributed by atoms with Crippen LogP contribution in [0.3, 0.4) is 0 Å². The Kier molecular flexibility index (Phi) is 4.54. The van der Waals surface area contributed by atoms with E-state index in [9.17, 15) is 9.59 Å². The number of Topliss-reactive ketones (excluding diaryl/α,β-unsaturated/α-hetero) is 1. The van der Waals surface area contributed by atoms with Gasteiger partial charge < -0.3 is 4.90 Å². The van der Waals surface area contributed by atoms with Gasteiger partial charge in [-0.3, -0.25) is 19.2 Å². The smallest absolute Gasteiger partial charge is 0.289 e. The molecule has 1 aromatic rings. The fourth-order valence-electron chi connectivity index (χ4n) is 2.45. The van der Waals surface area contributed by atoms with Crippen LogP contribution in [-0.2, 0) is 22.7 Å². The summed E-state index contributed by atoms with van der Waals surface area (Å²) in [5.41, 5.74) is 2.30. The maximum atomic E-state index is 11.6. The monoisotopic (exact) mass is 278 g/mol. The molecule has 0 atom stereocenters. The van der Waals surface area contributed by atoms with Gasteiger partial charge in [0.2, 0.25) is 5.78 Å². The Morgan fingerprint density at radius 1 is 1.25 bits per heavy atom. The van der Waals surface area contributed by atoms with E-state index in [4.69, 9.17) is 0 Å². The number of hydrogen-bond acceptors (Lipinski definition) is 4. The number of rotatable bonds is 4. The lowest BCUT2D eigenvalue weighted by Gasteiger charge is -2.34. The van der Waals surface area contributed by atoms with Crippen LogP contribution in [0, 0.1) is 6.92 Å². The number of ketones is 1. The predicted octanol–water partition coefficient (Wildman–Crippen LogP) is 0.445. The Morgan fingerprint density at radius 2 is 1.90 bits per heavy atom. The van der Waals surface area contributed by atoms with Crippen molar-refractivity contribution in [3.63, 3.8) is 0 Å². The van der Waals surface area contributed by atoms with Gasteiger partial charge in [0.25, 0.3) is 5.91 Å². The van der Waals surface area contributed by atoms with Crippen molar-refractivity contribution in [1.82, 2.24) is 19.6 Å². The Balaban J connectivity index is 1.89. The van der Waals surface area contributed by atoms with Crippen LogP contribution in [0.2, 0.25) is 0 Å². The molecule has 1 saturated heterocycles. The first-order valence-electron chi connectivity index (χ1n) is 7.06. The molecule has 6 heteroatoms. The second-order valence-corrected chi connectivity index (χ2v) is 5.22. The van der Waals surface area contributed by atoms with Crippen molar-refractivity contribution in [2.45, 2.75) is 33.9 Å². The minimum Gasteiger partial charge on any atom is -0.334 e. The first-order valence-corrected chi connectivity index (χ1v) is 7.06. The lowest BCUT2D eigenvalue weighted by atomic mass is 10.2. The zero-order valence-electron chi connectivity index (χ0n) is 12.4. The maximum absolute atomic E-state index is 11.6. The molecule has 1 aromatic heterocycles. The highest BCUT2D eigenvalue weighted by atomic mass is 16.2. The van der Waals surface area contributed by atoms with Gasteiger partial charge in [0, 0.05) is 58.0 Å². The van der Waals surface area contributed by atoms with E-state index in [1.54, 1.807) is 4.90 Å². The molecule has 0 aliphatic carbocycles. The molecule has 1 fully saturated rings. The minimum atomic E-state index is -0.376. The van der Waals surface area contributed by atoms with E-state index in [-0.39, 0.29) is 11.7 Å². The van der Waals surface area contributed by atoms with Gasteiger partial charge in [-0.05, 0) is 13.8 Å². The Hall–Kier alpha value is -1.69. The molecule has 1 amide bonds. The lowest BCUT2D eigenvalue weighted by molar-refractivity contribution is -0.144. The zero-order valence-corrected chi connectivity index (χ0v) is 12.4. The van der Waals surface area contributed by atoms with Gasteiger partial charge in [-0.25, -0.2) is 0 Å².